The number of hydrogen-bond acceptors (Lipinski definition) is 6. The summed E-state index contributed by atoms with van der Waals surface area (Å²) in [5, 5.41) is 10.3. The zero-order valence-electron chi connectivity index (χ0n) is 18.6. The predicted octanol–water partition coefficient (Wildman–Crippen LogP) is 4.81. The van der Waals surface area contributed by atoms with E-state index in [9.17, 15) is 9.59 Å². The molecule has 0 bridgehead atoms. The highest BCUT2D eigenvalue weighted by Crippen LogP contribution is 2.23. The summed E-state index contributed by atoms with van der Waals surface area (Å²) in [4.78, 5) is 25.4. The maximum Gasteiger partial charge on any atom is 0.291 e. The van der Waals surface area contributed by atoms with Crippen molar-refractivity contribution < 1.29 is 23.2 Å². The molecule has 9 nitrogen and oxygen atoms in total. The Bertz CT molecular complexity index is 1290. The second-order valence-corrected chi connectivity index (χ2v) is 7.86. The zero-order valence-corrected chi connectivity index (χ0v) is 19.4. The highest BCUT2D eigenvalue weighted by Gasteiger charge is 2.21. The Morgan fingerprint density at radius 1 is 1.15 bits per heavy atom. The average molecular weight is 483 g/mol. The van der Waals surface area contributed by atoms with Gasteiger partial charge in [0.05, 0.1) is 18.5 Å². The molecular formula is C24H23ClN4O5. The van der Waals surface area contributed by atoms with Gasteiger partial charge in [0, 0.05) is 17.8 Å². The van der Waals surface area contributed by atoms with Gasteiger partial charge in [0.15, 0.2) is 11.5 Å². The molecule has 176 valence electrons. The molecule has 2 amide bonds. The standard InChI is InChI=1S/C24H23ClN4O5/c1-3-29-13-19(22(28-29)24(31)26-12-17-5-4-10-32-17)27-23(30)21-9-7-18(34-21)14-33-20-8-6-16(25)11-15(20)2/h4-11,13H,3,12,14H2,1-2H3,(H,26,31)(H,27,30). The monoisotopic (exact) mass is 482 g/mol. The quantitative estimate of drug-likeness (QED) is 0.354. The topological polar surface area (TPSA) is 112 Å². The fourth-order valence-electron chi connectivity index (χ4n) is 3.19. The number of aromatic nitrogens is 2. The van der Waals surface area contributed by atoms with Gasteiger partial charge in [0.1, 0.15) is 23.9 Å². The highest BCUT2D eigenvalue weighted by molar-refractivity contribution is 6.30. The number of benzene rings is 1. The summed E-state index contributed by atoms with van der Waals surface area (Å²) in [6.07, 6.45) is 3.12. The Labute approximate surface area is 200 Å². The van der Waals surface area contributed by atoms with Crippen LogP contribution in [0.1, 0.15) is 45.1 Å². The van der Waals surface area contributed by atoms with Gasteiger partial charge in [-0.3, -0.25) is 14.3 Å². The number of rotatable bonds is 9. The number of hydrogen-bond donors (Lipinski definition) is 2. The van der Waals surface area contributed by atoms with E-state index in [1.54, 1.807) is 53.3 Å². The van der Waals surface area contributed by atoms with Gasteiger partial charge in [0.2, 0.25) is 0 Å². The molecule has 4 aromatic rings. The van der Waals surface area contributed by atoms with Crippen LogP contribution in [-0.4, -0.2) is 21.6 Å². The molecule has 34 heavy (non-hydrogen) atoms. The number of halogens is 1. The number of nitrogens with one attached hydrogen (secondary N) is 2. The number of amides is 2. The van der Waals surface area contributed by atoms with Crippen molar-refractivity contribution >= 4 is 29.1 Å². The van der Waals surface area contributed by atoms with Crippen LogP contribution in [0.2, 0.25) is 5.02 Å². The van der Waals surface area contributed by atoms with E-state index in [2.05, 4.69) is 15.7 Å². The molecular weight excluding hydrogens is 460 g/mol. The van der Waals surface area contributed by atoms with Crippen LogP contribution in [0.25, 0.3) is 0 Å². The normalized spacial score (nSPS) is 10.8. The fraction of sp³-hybridized carbons (Fsp3) is 0.208. The first-order valence-electron chi connectivity index (χ1n) is 10.6. The third-order valence-corrected chi connectivity index (χ3v) is 5.18. The molecule has 4 rings (SSSR count). The molecule has 2 N–H and O–H groups in total. The van der Waals surface area contributed by atoms with Crippen LogP contribution < -0.4 is 15.4 Å². The molecule has 0 saturated heterocycles. The smallest absolute Gasteiger partial charge is 0.291 e. The second-order valence-electron chi connectivity index (χ2n) is 7.43. The van der Waals surface area contributed by atoms with Crippen LogP contribution in [0, 0.1) is 6.92 Å². The van der Waals surface area contributed by atoms with Gasteiger partial charge in [-0.15, -0.1) is 0 Å². The van der Waals surface area contributed by atoms with E-state index in [-0.39, 0.29) is 30.3 Å². The van der Waals surface area contributed by atoms with E-state index in [0.717, 1.165) is 5.56 Å². The molecule has 3 aromatic heterocycles. The van der Waals surface area contributed by atoms with Gasteiger partial charge >= 0.3 is 0 Å². The molecule has 3 heterocycles. The third kappa shape index (κ3) is 5.49. The molecule has 0 aliphatic carbocycles. The number of aryl methyl sites for hydroxylation is 2. The van der Waals surface area contributed by atoms with Crippen molar-refractivity contribution in [2.75, 3.05) is 5.32 Å². The third-order valence-electron chi connectivity index (χ3n) is 4.94. The summed E-state index contributed by atoms with van der Waals surface area (Å²) in [5.74, 6) is 0.880. The van der Waals surface area contributed by atoms with E-state index in [0.29, 0.717) is 28.8 Å². The largest absolute Gasteiger partial charge is 0.485 e. The minimum atomic E-state index is -0.510. The van der Waals surface area contributed by atoms with Gasteiger partial charge in [-0.1, -0.05) is 11.6 Å². The summed E-state index contributed by atoms with van der Waals surface area (Å²) in [6, 6.07) is 12.0. The lowest BCUT2D eigenvalue weighted by molar-refractivity contribution is 0.0943. The van der Waals surface area contributed by atoms with Crippen molar-refractivity contribution in [3.05, 3.63) is 88.5 Å². The first-order chi connectivity index (χ1) is 16.4. The van der Waals surface area contributed by atoms with Crippen LogP contribution in [-0.2, 0) is 19.7 Å². The van der Waals surface area contributed by atoms with E-state index >= 15 is 0 Å². The van der Waals surface area contributed by atoms with E-state index in [1.165, 1.54) is 6.26 Å². The van der Waals surface area contributed by atoms with Gasteiger partial charge in [-0.2, -0.15) is 5.10 Å². The highest BCUT2D eigenvalue weighted by atomic mass is 35.5. The summed E-state index contributed by atoms with van der Waals surface area (Å²) < 4.78 is 18.2. The van der Waals surface area contributed by atoms with Crippen molar-refractivity contribution in [3.63, 3.8) is 0 Å². The molecule has 1 aromatic carbocycles. The van der Waals surface area contributed by atoms with Crippen molar-refractivity contribution in [2.45, 2.75) is 33.5 Å². The maximum absolute atomic E-state index is 12.8. The summed E-state index contributed by atoms with van der Waals surface area (Å²) in [6.45, 7) is 4.64. The molecule has 0 aliphatic rings. The van der Waals surface area contributed by atoms with Crippen LogP contribution in [0.5, 0.6) is 5.75 Å². The number of furan rings is 2. The number of nitrogens with zero attached hydrogens (tertiary/aromatic N) is 2. The first kappa shape index (κ1) is 23.2. The summed E-state index contributed by atoms with van der Waals surface area (Å²) in [7, 11) is 0. The van der Waals surface area contributed by atoms with Gasteiger partial charge in [0.25, 0.3) is 11.8 Å². The minimum absolute atomic E-state index is 0.0811. The van der Waals surface area contributed by atoms with Crippen LogP contribution in [0.15, 0.2) is 63.8 Å². The van der Waals surface area contributed by atoms with Crippen molar-refractivity contribution in [1.82, 2.24) is 15.1 Å². The van der Waals surface area contributed by atoms with Crippen molar-refractivity contribution in [1.29, 1.82) is 0 Å². The lowest BCUT2D eigenvalue weighted by Crippen LogP contribution is -2.25. The van der Waals surface area contributed by atoms with Gasteiger partial charge in [-0.05, 0) is 61.9 Å². The Morgan fingerprint density at radius 3 is 2.74 bits per heavy atom. The summed E-state index contributed by atoms with van der Waals surface area (Å²) in [5.41, 5.74) is 1.26. The number of anilines is 1. The zero-order chi connectivity index (χ0) is 24.1. The number of carbonyl (C=O) groups is 2. The average Bonchev–Trinajstić information content (AvgIpc) is 3.58. The van der Waals surface area contributed by atoms with Gasteiger partial charge in [-0.25, -0.2) is 0 Å². The Kier molecular flexibility index (Phi) is 7.03. The predicted molar refractivity (Wildman–Crippen MR) is 125 cm³/mol. The molecule has 0 spiro atoms. The maximum atomic E-state index is 12.8. The SMILES string of the molecule is CCn1cc(NC(=O)c2ccc(COc3ccc(Cl)cc3C)o2)c(C(=O)NCc2ccco2)n1. The molecule has 0 aliphatic heterocycles. The minimum Gasteiger partial charge on any atom is -0.485 e. The van der Waals surface area contributed by atoms with E-state index in [4.69, 9.17) is 25.2 Å². The Morgan fingerprint density at radius 2 is 2.00 bits per heavy atom. The van der Waals surface area contributed by atoms with Crippen LogP contribution in [0.3, 0.4) is 0 Å². The molecule has 0 unspecified atom stereocenters. The van der Waals surface area contributed by atoms with Gasteiger partial charge < -0.3 is 24.2 Å². The van der Waals surface area contributed by atoms with E-state index < -0.39 is 11.8 Å². The van der Waals surface area contributed by atoms with Crippen molar-refractivity contribution in [2.24, 2.45) is 0 Å². The van der Waals surface area contributed by atoms with Crippen LogP contribution in [0.4, 0.5) is 5.69 Å². The lowest BCUT2D eigenvalue weighted by Gasteiger charge is -2.07. The molecule has 0 saturated carbocycles. The lowest BCUT2D eigenvalue weighted by atomic mass is 10.2. The second kappa shape index (κ2) is 10.3. The molecule has 0 fully saturated rings. The Balaban J connectivity index is 1.41. The fourth-order valence-corrected chi connectivity index (χ4v) is 3.42. The molecule has 0 radical (unpaired) electrons. The number of carbonyl (C=O) groups excluding carboxylic acids is 2. The van der Waals surface area contributed by atoms with Crippen LogP contribution >= 0.6 is 11.6 Å². The van der Waals surface area contributed by atoms with E-state index in [1.807, 2.05) is 13.8 Å². The number of ether oxygens (including phenoxy) is 1. The summed E-state index contributed by atoms with van der Waals surface area (Å²) >= 11 is 5.97. The molecule has 10 heteroatoms. The Hall–Kier alpha value is -3.98. The van der Waals surface area contributed by atoms with Crippen molar-refractivity contribution in [3.8, 4) is 5.75 Å². The first-order valence-corrected chi connectivity index (χ1v) is 11.0. The molecule has 0 atom stereocenters.